The van der Waals surface area contributed by atoms with Crippen molar-refractivity contribution in [3.05, 3.63) is 53.2 Å². The van der Waals surface area contributed by atoms with Gasteiger partial charge in [0.25, 0.3) is 5.91 Å². The van der Waals surface area contributed by atoms with E-state index in [9.17, 15) is 4.79 Å². The average Bonchev–Trinajstić information content (AvgIpc) is 2.55. The Morgan fingerprint density at radius 2 is 1.91 bits per heavy atom. The second-order valence-electron chi connectivity index (χ2n) is 5.35. The Balaban J connectivity index is 2.16. The molecule has 0 aliphatic heterocycles. The maximum Gasteiger partial charge on any atom is 0.255 e. The van der Waals surface area contributed by atoms with Gasteiger partial charge in [-0.05, 0) is 43.2 Å². The van der Waals surface area contributed by atoms with Crippen LogP contribution in [0, 0.1) is 0 Å². The lowest BCUT2D eigenvalue weighted by Crippen LogP contribution is -2.26. The predicted molar refractivity (Wildman–Crippen MR) is 96.4 cm³/mol. The second-order valence-corrected chi connectivity index (χ2v) is 5.79. The molecule has 5 heteroatoms. The van der Waals surface area contributed by atoms with Crippen molar-refractivity contribution in [3.63, 3.8) is 0 Å². The summed E-state index contributed by atoms with van der Waals surface area (Å²) < 4.78 is 0. The van der Waals surface area contributed by atoms with Crippen LogP contribution in [0.4, 0.5) is 11.5 Å². The van der Waals surface area contributed by atoms with Gasteiger partial charge < -0.3 is 10.2 Å². The fourth-order valence-electron chi connectivity index (χ4n) is 2.38. The van der Waals surface area contributed by atoms with Crippen LogP contribution in [0.2, 0.25) is 5.02 Å². The van der Waals surface area contributed by atoms with E-state index in [4.69, 9.17) is 11.6 Å². The molecule has 122 valence electrons. The molecule has 0 bridgehead atoms. The van der Waals surface area contributed by atoms with Crippen LogP contribution in [-0.4, -0.2) is 24.0 Å². The molecule has 0 unspecified atom stereocenters. The van der Waals surface area contributed by atoms with E-state index in [-0.39, 0.29) is 5.91 Å². The SMILES string of the molecule is CCCN(CCC)c1cc(C(=O)Nc2cccc(Cl)c2)ccn1. The zero-order valence-corrected chi connectivity index (χ0v) is 14.3. The van der Waals surface area contributed by atoms with E-state index in [0.717, 1.165) is 31.7 Å². The quantitative estimate of drug-likeness (QED) is 0.805. The van der Waals surface area contributed by atoms with Gasteiger partial charge >= 0.3 is 0 Å². The molecule has 0 radical (unpaired) electrons. The largest absolute Gasteiger partial charge is 0.357 e. The van der Waals surface area contributed by atoms with Crippen molar-refractivity contribution in [3.8, 4) is 0 Å². The number of hydrogen-bond donors (Lipinski definition) is 1. The summed E-state index contributed by atoms with van der Waals surface area (Å²) in [5.41, 5.74) is 1.27. The summed E-state index contributed by atoms with van der Waals surface area (Å²) >= 11 is 5.94. The van der Waals surface area contributed by atoms with Gasteiger partial charge in [0, 0.05) is 35.6 Å². The van der Waals surface area contributed by atoms with Gasteiger partial charge in [-0.25, -0.2) is 4.98 Å². The molecule has 2 rings (SSSR count). The Labute approximate surface area is 142 Å². The van der Waals surface area contributed by atoms with E-state index in [1.807, 2.05) is 12.1 Å². The summed E-state index contributed by atoms with van der Waals surface area (Å²) in [6.45, 7) is 6.14. The Bertz CT molecular complexity index is 654. The monoisotopic (exact) mass is 331 g/mol. The van der Waals surface area contributed by atoms with Gasteiger partial charge in [0.05, 0.1) is 0 Å². The first kappa shape index (κ1) is 17.3. The molecular weight excluding hydrogens is 310 g/mol. The number of rotatable bonds is 7. The van der Waals surface area contributed by atoms with Crippen molar-refractivity contribution >= 4 is 29.0 Å². The minimum Gasteiger partial charge on any atom is -0.357 e. The molecule has 0 aliphatic carbocycles. The number of hydrogen-bond acceptors (Lipinski definition) is 3. The van der Waals surface area contributed by atoms with Crippen molar-refractivity contribution in [2.24, 2.45) is 0 Å². The molecule has 1 heterocycles. The summed E-state index contributed by atoms with van der Waals surface area (Å²) in [4.78, 5) is 19.0. The lowest BCUT2D eigenvalue weighted by molar-refractivity contribution is 0.102. The summed E-state index contributed by atoms with van der Waals surface area (Å²) in [6, 6.07) is 10.7. The van der Waals surface area contributed by atoms with Crippen molar-refractivity contribution in [1.82, 2.24) is 4.98 Å². The van der Waals surface area contributed by atoms with Gasteiger partial charge in [-0.1, -0.05) is 31.5 Å². The zero-order chi connectivity index (χ0) is 16.7. The minimum absolute atomic E-state index is 0.163. The van der Waals surface area contributed by atoms with E-state index < -0.39 is 0 Å². The third kappa shape index (κ3) is 4.96. The lowest BCUT2D eigenvalue weighted by Gasteiger charge is -2.22. The first-order chi connectivity index (χ1) is 11.1. The molecule has 1 N–H and O–H groups in total. The molecule has 0 saturated carbocycles. The third-order valence-corrected chi connectivity index (χ3v) is 3.64. The van der Waals surface area contributed by atoms with Gasteiger partial charge in [0.2, 0.25) is 0 Å². The van der Waals surface area contributed by atoms with Gasteiger partial charge in [-0.2, -0.15) is 0 Å². The topological polar surface area (TPSA) is 45.2 Å². The maximum absolute atomic E-state index is 12.4. The minimum atomic E-state index is -0.163. The Morgan fingerprint density at radius 1 is 1.17 bits per heavy atom. The zero-order valence-electron chi connectivity index (χ0n) is 13.6. The van der Waals surface area contributed by atoms with Crippen LogP contribution in [-0.2, 0) is 0 Å². The molecule has 0 aliphatic rings. The molecule has 0 spiro atoms. The predicted octanol–water partition coefficient (Wildman–Crippen LogP) is 4.61. The summed E-state index contributed by atoms with van der Waals surface area (Å²) in [6.07, 6.45) is 3.77. The van der Waals surface area contributed by atoms with Crippen LogP contribution < -0.4 is 10.2 Å². The Kier molecular flexibility index (Phi) is 6.41. The van der Waals surface area contributed by atoms with E-state index in [1.165, 1.54) is 0 Å². The third-order valence-electron chi connectivity index (χ3n) is 3.40. The number of benzene rings is 1. The van der Waals surface area contributed by atoms with Gasteiger partial charge in [-0.15, -0.1) is 0 Å². The maximum atomic E-state index is 12.4. The number of nitrogens with zero attached hydrogens (tertiary/aromatic N) is 2. The number of carbonyl (C=O) groups is 1. The highest BCUT2D eigenvalue weighted by atomic mass is 35.5. The van der Waals surface area contributed by atoms with Crippen molar-refractivity contribution in [1.29, 1.82) is 0 Å². The highest BCUT2D eigenvalue weighted by Gasteiger charge is 2.11. The van der Waals surface area contributed by atoms with E-state index in [0.29, 0.717) is 16.3 Å². The fraction of sp³-hybridized carbons (Fsp3) is 0.333. The number of anilines is 2. The van der Waals surface area contributed by atoms with Crippen molar-refractivity contribution in [2.45, 2.75) is 26.7 Å². The van der Waals surface area contributed by atoms with Gasteiger partial charge in [0.1, 0.15) is 5.82 Å². The first-order valence-electron chi connectivity index (χ1n) is 7.92. The molecule has 23 heavy (non-hydrogen) atoms. The van der Waals surface area contributed by atoms with Crippen LogP contribution in [0.25, 0.3) is 0 Å². The molecule has 1 aromatic heterocycles. The summed E-state index contributed by atoms with van der Waals surface area (Å²) in [5.74, 6) is 0.677. The van der Waals surface area contributed by atoms with Crippen LogP contribution in [0.15, 0.2) is 42.6 Å². The number of nitrogens with one attached hydrogen (secondary N) is 1. The molecule has 0 saturated heterocycles. The van der Waals surface area contributed by atoms with E-state index in [1.54, 1.807) is 30.5 Å². The number of aromatic nitrogens is 1. The molecular formula is C18H22ClN3O. The number of carbonyl (C=O) groups excluding carboxylic acids is 1. The summed E-state index contributed by atoms with van der Waals surface area (Å²) in [5, 5.41) is 3.45. The molecule has 2 aromatic rings. The molecule has 1 amide bonds. The Hall–Kier alpha value is -2.07. The molecule has 4 nitrogen and oxygen atoms in total. The Morgan fingerprint density at radius 3 is 2.57 bits per heavy atom. The van der Waals surface area contributed by atoms with Crippen LogP contribution in [0.3, 0.4) is 0 Å². The van der Waals surface area contributed by atoms with Crippen LogP contribution >= 0.6 is 11.6 Å². The highest BCUT2D eigenvalue weighted by molar-refractivity contribution is 6.30. The van der Waals surface area contributed by atoms with Crippen LogP contribution in [0.5, 0.6) is 0 Å². The number of amides is 1. The van der Waals surface area contributed by atoms with Crippen molar-refractivity contribution in [2.75, 3.05) is 23.3 Å². The lowest BCUT2D eigenvalue weighted by atomic mass is 10.2. The average molecular weight is 332 g/mol. The van der Waals surface area contributed by atoms with E-state index >= 15 is 0 Å². The summed E-state index contributed by atoms with van der Waals surface area (Å²) in [7, 11) is 0. The fourth-order valence-corrected chi connectivity index (χ4v) is 2.57. The second kappa shape index (κ2) is 8.53. The van der Waals surface area contributed by atoms with Crippen molar-refractivity contribution < 1.29 is 4.79 Å². The molecule has 0 atom stereocenters. The van der Waals surface area contributed by atoms with Gasteiger partial charge in [-0.3, -0.25) is 4.79 Å². The number of halogens is 1. The molecule has 1 aromatic carbocycles. The van der Waals surface area contributed by atoms with E-state index in [2.05, 4.69) is 29.0 Å². The molecule has 0 fully saturated rings. The highest BCUT2D eigenvalue weighted by Crippen LogP contribution is 2.18. The standard InChI is InChI=1S/C18H22ClN3O/c1-3-10-22(11-4-2)17-12-14(8-9-20-17)18(23)21-16-7-5-6-15(19)13-16/h5-9,12-13H,3-4,10-11H2,1-2H3,(H,21,23). The smallest absolute Gasteiger partial charge is 0.255 e. The first-order valence-corrected chi connectivity index (χ1v) is 8.29. The van der Waals surface area contributed by atoms with Gasteiger partial charge in [0.15, 0.2) is 0 Å². The normalized spacial score (nSPS) is 10.4. The van der Waals surface area contributed by atoms with Crippen LogP contribution in [0.1, 0.15) is 37.0 Å². The number of pyridine rings is 1.